The quantitative estimate of drug-likeness (QED) is 0.481. The van der Waals surface area contributed by atoms with E-state index in [1.54, 1.807) is 0 Å². The van der Waals surface area contributed by atoms with Crippen LogP contribution in [0.15, 0.2) is 29.3 Å². The van der Waals surface area contributed by atoms with Crippen molar-refractivity contribution in [2.45, 2.75) is 46.2 Å². The van der Waals surface area contributed by atoms with Crippen LogP contribution in [0.4, 0.5) is 0 Å². The van der Waals surface area contributed by atoms with E-state index in [4.69, 9.17) is 0 Å². The molecule has 0 aromatic heterocycles. The molecule has 1 aromatic rings. The van der Waals surface area contributed by atoms with E-state index in [2.05, 4.69) is 65.6 Å². The fourth-order valence-corrected chi connectivity index (χ4v) is 2.82. The maximum Gasteiger partial charge on any atom is 0.191 e. The highest BCUT2D eigenvalue weighted by molar-refractivity contribution is 5.79. The van der Waals surface area contributed by atoms with Gasteiger partial charge >= 0.3 is 0 Å². The van der Waals surface area contributed by atoms with Crippen LogP contribution in [0.5, 0.6) is 0 Å². The van der Waals surface area contributed by atoms with Gasteiger partial charge in [0.25, 0.3) is 0 Å². The summed E-state index contributed by atoms with van der Waals surface area (Å²) < 4.78 is 0. The van der Waals surface area contributed by atoms with Gasteiger partial charge in [-0.2, -0.15) is 0 Å². The Morgan fingerprint density at radius 3 is 2.77 bits per heavy atom. The predicted molar refractivity (Wildman–Crippen MR) is 94.3 cm³/mol. The molecule has 4 heteroatoms. The molecule has 1 aliphatic heterocycles. The van der Waals surface area contributed by atoms with Crippen molar-refractivity contribution in [1.82, 2.24) is 15.5 Å². The van der Waals surface area contributed by atoms with E-state index in [0.717, 1.165) is 38.6 Å². The summed E-state index contributed by atoms with van der Waals surface area (Å²) >= 11 is 0. The van der Waals surface area contributed by atoms with E-state index < -0.39 is 0 Å². The zero-order valence-electron chi connectivity index (χ0n) is 14.2. The summed E-state index contributed by atoms with van der Waals surface area (Å²) in [6, 6.07) is 9.23. The Morgan fingerprint density at radius 2 is 2.05 bits per heavy atom. The largest absolute Gasteiger partial charge is 0.357 e. The number of nitrogens with zero attached hydrogens (tertiary/aromatic N) is 2. The second-order valence-corrected chi connectivity index (χ2v) is 6.21. The molecule has 2 N–H and O–H groups in total. The van der Waals surface area contributed by atoms with Crippen LogP contribution in [0.2, 0.25) is 0 Å². The van der Waals surface area contributed by atoms with E-state index in [9.17, 15) is 0 Å². The summed E-state index contributed by atoms with van der Waals surface area (Å²) in [7, 11) is 0. The van der Waals surface area contributed by atoms with Crippen molar-refractivity contribution in [3.63, 3.8) is 0 Å². The molecule has 2 rings (SSSR count). The molecular weight excluding hydrogens is 272 g/mol. The highest BCUT2D eigenvalue weighted by Gasteiger charge is 2.14. The monoisotopic (exact) mass is 302 g/mol. The summed E-state index contributed by atoms with van der Waals surface area (Å²) in [6.45, 7) is 11.5. The molecule has 0 fully saturated rings. The van der Waals surface area contributed by atoms with E-state index in [0.29, 0.717) is 6.04 Å². The molecule has 4 nitrogen and oxygen atoms in total. The van der Waals surface area contributed by atoms with E-state index in [-0.39, 0.29) is 0 Å². The van der Waals surface area contributed by atoms with Crippen LogP contribution in [0, 0.1) is 0 Å². The van der Waals surface area contributed by atoms with Gasteiger partial charge in [-0.25, -0.2) is 0 Å². The van der Waals surface area contributed by atoms with Crippen LogP contribution in [0.1, 0.15) is 38.3 Å². The second-order valence-electron chi connectivity index (χ2n) is 6.21. The Bertz CT molecular complexity index is 482. The molecule has 1 aromatic carbocycles. The highest BCUT2D eigenvalue weighted by atomic mass is 15.2. The lowest BCUT2D eigenvalue weighted by molar-refractivity contribution is 0.252. The Hall–Kier alpha value is -1.55. The Kier molecular flexibility index (Phi) is 6.72. The molecule has 1 aliphatic rings. The van der Waals surface area contributed by atoms with Gasteiger partial charge in [-0.05, 0) is 44.7 Å². The first-order valence-corrected chi connectivity index (χ1v) is 8.53. The molecule has 0 aliphatic carbocycles. The molecule has 0 saturated carbocycles. The van der Waals surface area contributed by atoms with Gasteiger partial charge in [0.05, 0.1) is 0 Å². The van der Waals surface area contributed by atoms with E-state index in [1.165, 1.54) is 24.1 Å². The summed E-state index contributed by atoms with van der Waals surface area (Å²) in [5.41, 5.74) is 3.01. The minimum Gasteiger partial charge on any atom is -0.357 e. The third-order valence-corrected chi connectivity index (χ3v) is 3.88. The molecule has 1 heterocycles. The van der Waals surface area contributed by atoms with Crippen molar-refractivity contribution in [2.75, 3.05) is 26.2 Å². The molecule has 0 spiro atoms. The highest BCUT2D eigenvalue weighted by Crippen LogP contribution is 2.18. The van der Waals surface area contributed by atoms with Crippen molar-refractivity contribution < 1.29 is 0 Å². The topological polar surface area (TPSA) is 39.7 Å². The second kappa shape index (κ2) is 8.79. The van der Waals surface area contributed by atoms with Gasteiger partial charge < -0.3 is 10.6 Å². The summed E-state index contributed by atoms with van der Waals surface area (Å²) in [5.74, 6) is 0.932. The number of hydrogen-bond acceptors (Lipinski definition) is 2. The lowest BCUT2D eigenvalue weighted by Crippen LogP contribution is -2.41. The average molecular weight is 302 g/mol. The first-order chi connectivity index (χ1) is 10.7. The molecule has 0 amide bonds. The van der Waals surface area contributed by atoms with Crippen LogP contribution in [0.3, 0.4) is 0 Å². The van der Waals surface area contributed by atoms with Crippen molar-refractivity contribution in [1.29, 1.82) is 0 Å². The van der Waals surface area contributed by atoms with Crippen LogP contribution < -0.4 is 10.6 Å². The average Bonchev–Trinajstić information content (AvgIpc) is 2.51. The summed E-state index contributed by atoms with van der Waals surface area (Å²) in [6.07, 6.45) is 2.29. The van der Waals surface area contributed by atoms with Gasteiger partial charge in [-0.1, -0.05) is 24.3 Å². The van der Waals surface area contributed by atoms with Crippen LogP contribution >= 0.6 is 0 Å². The van der Waals surface area contributed by atoms with Crippen molar-refractivity contribution in [2.24, 2.45) is 4.99 Å². The number of benzene rings is 1. The van der Waals surface area contributed by atoms with Crippen molar-refractivity contribution >= 4 is 5.96 Å². The van der Waals surface area contributed by atoms with Gasteiger partial charge in [0.2, 0.25) is 0 Å². The van der Waals surface area contributed by atoms with Crippen LogP contribution in [-0.2, 0) is 13.0 Å². The lowest BCUT2D eigenvalue weighted by Gasteiger charge is -2.28. The van der Waals surface area contributed by atoms with Crippen LogP contribution in [0.25, 0.3) is 0 Å². The van der Waals surface area contributed by atoms with Crippen LogP contribution in [-0.4, -0.2) is 43.1 Å². The third kappa shape index (κ3) is 5.34. The Labute approximate surface area is 135 Å². The number of aliphatic imine (C=N–C) groups is 1. The number of guanidine groups is 1. The minimum atomic E-state index is 0.413. The minimum absolute atomic E-state index is 0.413. The van der Waals surface area contributed by atoms with Crippen molar-refractivity contribution in [3.8, 4) is 0 Å². The molecule has 122 valence electrons. The Morgan fingerprint density at radius 1 is 1.27 bits per heavy atom. The number of hydrogen-bond donors (Lipinski definition) is 2. The number of fused-ring (bicyclic) bond motifs is 1. The predicted octanol–water partition coefficient (Wildman–Crippen LogP) is 2.40. The fourth-order valence-electron chi connectivity index (χ4n) is 2.82. The smallest absolute Gasteiger partial charge is 0.191 e. The van der Waals surface area contributed by atoms with Gasteiger partial charge in [0.1, 0.15) is 0 Å². The van der Waals surface area contributed by atoms with Crippen molar-refractivity contribution in [3.05, 3.63) is 35.4 Å². The SMILES string of the molecule is CCNC(=NCCCN1CCc2ccccc2C1)NC(C)C. The zero-order chi connectivity index (χ0) is 15.8. The van der Waals surface area contributed by atoms with Gasteiger partial charge in [0, 0.05) is 38.8 Å². The van der Waals surface area contributed by atoms with Gasteiger partial charge in [0.15, 0.2) is 5.96 Å². The third-order valence-electron chi connectivity index (χ3n) is 3.88. The first-order valence-electron chi connectivity index (χ1n) is 8.53. The summed E-state index contributed by atoms with van der Waals surface area (Å²) in [5, 5.41) is 6.65. The molecule has 0 saturated heterocycles. The molecule has 0 unspecified atom stereocenters. The van der Waals surface area contributed by atoms with E-state index in [1.807, 2.05) is 0 Å². The van der Waals surface area contributed by atoms with E-state index >= 15 is 0 Å². The van der Waals surface area contributed by atoms with Gasteiger partial charge in [-0.15, -0.1) is 0 Å². The summed E-state index contributed by atoms with van der Waals surface area (Å²) in [4.78, 5) is 7.19. The first kappa shape index (κ1) is 16.8. The van der Waals surface area contributed by atoms with Gasteiger partial charge in [-0.3, -0.25) is 9.89 Å². The molecule has 0 bridgehead atoms. The molecular formula is C18H30N4. The maximum atomic E-state index is 4.65. The molecule has 0 radical (unpaired) electrons. The number of nitrogens with one attached hydrogen (secondary N) is 2. The lowest BCUT2D eigenvalue weighted by atomic mass is 10.00. The fraction of sp³-hybridized carbons (Fsp3) is 0.611. The standard InChI is InChI=1S/C18H30N4/c1-4-19-18(21-15(2)3)20-11-7-12-22-13-10-16-8-5-6-9-17(16)14-22/h5-6,8-9,15H,4,7,10-14H2,1-3H3,(H2,19,20,21). The maximum absolute atomic E-state index is 4.65. The molecule has 0 atom stereocenters. The number of rotatable bonds is 6. The normalized spacial score (nSPS) is 15.7. The zero-order valence-corrected chi connectivity index (χ0v) is 14.2. The molecule has 22 heavy (non-hydrogen) atoms. The Balaban J connectivity index is 1.74.